The molecule has 0 aromatic heterocycles. The van der Waals surface area contributed by atoms with Gasteiger partial charge in [-0.1, -0.05) is 13.8 Å². The molecular weight excluding hydrogens is 156 g/mol. The van der Waals surface area contributed by atoms with Crippen molar-refractivity contribution in [3.05, 3.63) is 4.98 Å². The molecule has 1 aliphatic carbocycles. The lowest BCUT2D eigenvalue weighted by Crippen LogP contribution is -2.39. The summed E-state index contributed by atoms with van der Waals surface area (Å²) in [6, 6.07) is -1.11. The van der Waals surface area contributed by atoms with E-state index in [1.165, 1.54) is 0 Å². The SMILES string of the molecule is CC1(C)CC(=O)C([N+]#N)C(=O)C1. The van der Waals surface area contributed by atoms with Gasteiger partial charge >= 0.3 is 6.04 Å². The quantitative estimate of drug-likeness (QED) is 0.402. The van der Waals surface area contributed by atoms with Crippen LogP contribution >= 0.6 is 0 Å². The molecule has 0 aliphatic heterocycles. The second kappa shape index (κ2) is 2.67. The zero-order valence-corrected chi connectivity index (χ0v) is 7.20. The van der Waals surface area contributed by atoms with Crippen LogP contribution in [-0.4, -0.2) is 17.6 Å². The largest absolute Gasteiger partial charge is 0.427 e. The number of hydrogen-bond donors (Lipinski definition) is 0. The Morgan fingerprint density at radius 1 is 1.33 bits per heavy atom. The summed E-state index contributed by atoms with van der Waals surface area (Å²) < 4.78 is 0. The summed E-state index contributed by atoms with van der Waals surface area (Å²) in [5.41, 5.74) is -0.268. The first kappa shape index (κ1) is 8.85. The molecular formula is C8H11N2O2+. The third kappa shape index (κ3) is 1.50. The molecule has 1 fully saturated rings. The van der Waals surface area contributed by atoms with Gasteiger partial charge < -0.3 is 0 Å². The molecule has 0 aromatic rings. The Morgan fingerprint density at radius 2 is 1.75 bits per heavy atom. The molecule has 0 unspecified atom stereocenters. The Morgan fingerprint density at radius 3 is 2.08 bits per heavy atom. The Hall–Kier alpha value is -1.24. The first-order chi connectivity index (χ1) is 5.46. The molecule has 12 heavy (non-hydrogen) atoms. The number of Topliss-reactive ketones (excluding diaryl/α,β-unsaturated/α-hetero) is 2. The van der Waals surface area contributed by atoms with Gasteiger partial charge in [-0.25, -0.2) is 0 Å². The summed E-state index contributed by atoms with van der Waals surface area (Å²) in [5.74, 6) is -0.558. The molecule has 0 saturated heterocycles. The van der Waals surface area contributed by atoms with E-state index in [2.05, 4.69) is 4.98 Å². The normalized spacial score (nSPS) is 23.8. The zero-order valence-electron chi connectivity index (χ0n) is 7.20. The highest BCUT2D eigenvalue weighted by atomic mass is 16.2. The summed E-state index contributed by atoms with van der Waals surface area (Å²) in [4.78, 5) is 25.1. The first-order valence-corrected chi connectivity index (χ1v) is 3.86. The van der Waals surface area contributed by atoms with Crippen molar-refractivity contribution < 1.29 is 9.59 Å². The zero-order chi connectivity index (χ0) is 9.35. The summed E-state index contributed by atoms with van der Waals surface area (Å²) in [5, 5.41) is 8.39. The summed E-state index contributed by atoms with van der Waals surface area (Å²) >= 11 is 0. The standard InChI is InChI=1S/C8H11N2O2/c1-8(2)3-5(11)7(10-9)6(12)4-8/h7H,3-4H2,1-2H3/q+1. The number of rotatable bonds is 0. The van der Waals surface area contributed by atoms with Gasteiger partial charge in [0.05, 0.1) is 0 Å². The molecule has 0 bridgehead atoms. The maximum atomic E-state index is 11.2. The molecule has 0 radical (unpaired) electrons. The predicted molar refractivity (Wildman–Crippen MR) is 41.9 cm³/mol. The van der Waals surface area contributed by atoms with Crippen LogP contribution in [0, 0.1) is 10.8 Å². The maximum Gasteiger partial charge on any atom is 0.427 e. The average molecular weight is 167 g/mol. The van der Waals surface area contributed by atoms with Crippen LogP contribution < -0.4 is 0 Å². The lowest BCUT2D eigenvalue weighted by atomic mass is 9.74. The molecule has 4 heteroatoms. The first-order valence-electron chi connectivity index (χ1n) is 3.86. The van der Waals surface area contributed by atoms with Crippen molar-refractivity contribution in [2.45, 2.75) is 32.7 Å². The minimum absolute atomic E-state index is 0.268. The van der Waals surface area contributed by atoms with E-state index in [4.69, 9.17) is 5.39 Å². The molecule has 0 atom stereocenters. The smallest absolute Gasteiger partial charge is 0.290 e. The van der Waals surface area contributed by atoms with Crippen LogP contribution in [0.25, 0.3) is 4.98 Å². The van der Waals surface area contributed by atoms with E-state index in [0.717, 1.165) is 0 Å². The molecule has 0 amide bonds. The lowest BCUT2D eigenvalue weighted by Gasteiger charge is -2.25. The fourth-order valence-corrected chi connectivity index (χ4v) is 1.51. The molecule has 1 saturated carbocycles. The number of diazo groups is 1. The third-order valence-corrected chi connectivity index (χ3v) is 2.03. The molecule has 0 N–H and O–H groups in total. The van der Waals surface area contributed by atoms with Crippen LogP contribution in [0.2, 0.25) is 0 Å². The van der Waals surface area contributed by atoms with Gasteiger partial charge in [0.25, 0.3) is 0 Å². The number of carbonyl (C=O) groups is 2. The number of nitrogens with zero attached hydrogens (tertiary/aromatic N) is 2. The van der Waals surface area contributed by atoms with Gasteiger partial charge in [0.2, 0.25) is 17.0 Å². The Labute approximate surface area is 70.6 Å². The second-order valence-electron chi connectivity index (χ2n) is 3.97. The molecule has 4 nitrogen and oxygen atoms in total. The molecule has 0 spiro atoms. The highest BCUT2D eigenvalue weighted by molar-refractivity contribution is 6.10. The van der Waals surface area contributed by atoms with Crippen LogP contribution in [0.3, 0.4) is 0 Å². The van der Waals surface area contributed by atoms with E-state index in [0.29, 0.717) is 12.8 Å². The summed E-state index contributed by atoms with van der Waals surface area (Å²) in [6.07, 6.45) is 0.626. The van der Waals surface area contributed by atoms with Crippen LogP contribution in [0.5, 0.6) is 0 Å². The lowest BCUT2D eigenvalue weighted by molar-refractivity contribution is -0.134. The third-order valence-electron chi connectivity index (χ3n) is 2.03. The van der Waals surface area contributed by atoms with Crippen LogP contribution in [-0.2, 0) is 9.59 Å². The summed E-state index contributed by atoms with van der Waals surface area (Å²) in [7, 11) is 0. The van der Waals surface area contributed by atoms with Gasteiger partial charge in [-0.15, -0.1) is 0 Å². The number of ketones is 2. The number of carbonyl (C=O) groups excluding carboxylic acids is 2. The van der Waals surface area contributed by atoms with Crippen LogP contribution in [0.4, 0.5) is 0 Å². The average Bonchev–Trinajstić information content (AvgIpc) is 1.82. The molecule has 1 aliphatic rings. The van der Waals surface area contributed by atoms with Crippen molar-refractivity contribution in [1.29, 1.82) is 5.39 Å². The fourth-order valence-electron chi connectivity index (χ4n) is 1.51. The van der Waals surface area contributed by atoms with E-state index >= 15 is 0 Å². The van der Waals surface area contributed by atoms with Crippen molar-refractivity contribution in [2.24, 2.45) is 5.41 Å². The van der Waals surface area contributed by atoms with Gasteiger partial charge in [0.1, 0.15) is 4.98 Å². The van der Waals surface area contributed by atoms with Crippen molar-refractivity contribution in [3.8, 4) is 0 Å². The van der Waals surface area contributed by atoms with E-state index in [1.54, 1.807) is 0 Å². The van der Waals surface area contributed by atoms with E-state index in [1.807, 2.05) is 13.8 Å². The topological polar surface area (TPSA) is 62.3 Å². The van der Waals surface area contributed by atoms with Gasteiger partial charge in [-0.3, -0.25) is 9.59 Å². The Bertz CT molecular complexity index is 255. The maximum absolute atomic E-state index is 11.2. The highest BCUT2D eigenvalue weighted by Crippen LogP contribution is 2.32. The molecule has 1 rings (SSSR count). The fraction of sp³-hybridized carbons (Fsp3) is 0.750. The van der Waals surface area contributed by atoms with Gasteiger partial charge in [0.15, 0.2) is 0 Å². The van der Waals surface area contributed by atoms with Crippen molar-refractivity contribution in [1.82, 2.24) is 0 Å². The molecule has 0 heterocycles. The van der Waals surface area contributed by atoms with Crippen LogP contribution in [0.15, 0.2) is 0 Å². The second-order valence-corrected chi connectivity index (χ2v) is 3.97. The Balaban J connectivity index is 2.86. The van der Waals surface area contributed by atoms with E-state index in [9.17, 15) is 9.59 Å². The van der Waals surface area contributed by atoms with Gasteiger partial charge in [-0.2, -0.15) is 0 Å². The summed E-state index contributed by atoms with van der Waals surface area (Å²) in [6.45, 7) is 3.72. The molecule has 0 aromatic carbocycles. The van der Waals surface area contributed by atoms with E-state index in [-0.39, 0.29) is 17.0 Å². The van der Waals surface area contributed by atoms with Gasteiger partial charge in [-0.05, 0) is 5.41 Å². The number of hydrogen-bond acceptors (Lipinski definition) is 3. The van der Waals surface area contributed by atoms with Crippen LogP contribution in [0.1, 0.15) is 26.7 Å². The van der Waals surface area contributed by atoms with Crippen molar-refractivity contribution >= 4 is 11.6 Å². The van der Waals surface area contributed by atoms with E-state index < -0.39 is 6.04 Å². The van der Waals surface area contributed by atoms with Crippen molar-refractivity contribution in [2.75, 3.05) is 0 Å². The Kier molecular flexibility index (Phi) is 1.97. The predicted octanol–water partition coefficient (Wildman–Crippen LogP) is 1.17. The minimum atomic E-state index is -1.11. The minimum Gasteiger partial charge on any atom is -0.290 e. The van der Waals surface area contributed by atoms with Crippen molar-refractivity contribution in [3.63, 3.8) is 0 Å². The van der Waals surface area contributed by atoms with Gasteiger partial charge in [0, 0.05) is 12.8 Å². The monoisotopic (exact) mass is 167 g/mol. The molecule has 64 valence electrons. The highest BCUT2D eigenvalue weighted by Gasteiger charge is 2.47.